The van der Waals surface area contributed by atoms with Gasteiger partial charge >= 0.3 is 0 Å². The Morgan fingerprint density at radius 2 is 1.61 bits per heavy atom. The second-order valence-corrected chi connectivity index (χ2v) is 8.71. The third-order valence-electron chi connectivity index (χ3n) is 4.32. The fourth-order valence-electron chi connectivity index (χ4n) is 2.91. The molecule has 1 heterocycles. The minimum atomic E-state index is -0.226. The number of nitrogens with zero attached hydrogens (tertiary/aromatic N) is 1. The maximum atomic E-state index is 12.4. The van der Waals surface area contributed by atoms with E-state index in [2.05, 4.69) is 10.6 Å². The number of rotatable bonds is 9. The molecule has 3 rings (SSSR count). The van der Waals surface area contributed by atoms with Gasteiger partial charge in [0.05, 0.1) is 17.5 Å². The van der Waals surface area contributed by atoms with Crippen LogP contribution in [0.2, 0.25) is 4.34 Å². The summed E-state index contributed by atoms with van der Waals surface area (Å²) >= 11 is 7.44. The molecule has 0 unspecified atom stereocenters. The van der Waals surface area contributed by atoms with E-state index in [0.29, 0.717) is 30.1 Å². The Morgan fingerprint density at radius 3 is 2.23 bits per heavy atom. The van der Waals surface area contributed by atoms with E-state index in [1.807, 2.05) is 43.1 Å². The summed E-state index contributed by atoms with van der Waals surface area (Å²) in [6.07, 6.45) is 0. The van der Waals surface area contributed by atoms with Crippen molar-refractivity contribution in [1.82, 2.24) is 4.90 Å². The Balaban J connectivity index is 1.49. The maximum absolute atomic E-state index is 12.4. The molecular weight excluding hydrogens is 434 g/mol. The highest BCUT2D eigenvalue weighted by atomic mass is 35.5. The number of carbonyl (C=O) groups excluding carboxylic acids is 2. The van der Waals surface area contributed by atoms with Gasteiger partial charge in [0.1, 0.15) is 5.75 Å². The number of hydrogen-bond acceptors (Lipinski definition) is 5. The van der Waals surface area contributed by atoms with Gasteiger partial charge in [-0.3, -0.25) is 14.5 Å². The van der Waals surface area contributed by atoms with E-state index in [1.54, 1.807) is 36.4 Å². The van der Waals surface area contributed by atoms with Gasteiger partial charge in [0.25, 0.3) is 5.91 Å². The molecule has 1 aromatic heterocycles. The van der Waals surface area contributed by atoms with Crippen molar-refractivity contribution in [3.63, 3.8) is 0 Å². The van der Waals surface area contributed by atoms with Crippen molar-refractivity contribution in [1.29, 1.82) is 0 Å². The minimum Gasteiger partial charge on any atom is -0.494 e. The van der Waals surface area contributed by atoms with Crippen molar-refractivity contribution < 1.29 is 14.3 Å². The number of likely N-dealkylation sites (N-methyl/N-ethyl adjacent to an activating group) is 1. The first-order chi connectivity index (χ1) is 14.9. The zero-order valence-electron chi connectivity index (χ0n) is 17.4. The number of hydrogen-bond donors (Lipinski definition) is 2. The zero-order chi connectivity index (χ0) is 22.2. The zero-order valence-corrected chi connectivity index (χ0v) is 18.9. The van der Waals surface area contributed by atoms with Crippen molar-refractivity contribution in [2.45, 2.75) is 13.5 Å². The van der Waals surface area contributed by atoms with E-state index in [0.717, 1.165) is 15.0 Å². The van der Waals surface area contributed by atoms with Crippen LogP contribution >= 0.6 is 22.9 Å². The van der Waals surface area contributed by atoms with E-state index >= 15 is 0 Å². The molecule has 0 aliphatic carbocycles. The first-order valence-electron chi connectivity index (χ1n) is 9.80. The highest BCUT2D eigenvalue weighted by molar-refractivity contribution is 7.16. The van der Waals surface area contributed by atoms with Crippen LogP contribution < -0.4 is 15.4 Å². The molecule has 3 aromatic rings. The van der Waals surface area contributed by atoms with E-state index in [-0.39, 0.29) is 18.4 Å². The molecule has 0 spiro atoms. The van der Waals surface area contributed by atoms with Crippen LogP contribution in [-0.4, -0.2) is 36.9 Å². The molecule has 0 aliphatic rings. The minimum absolute atomic E-state index is 0.128. The monoisotopic (exact) mass is 457 g/mol. The van der Waals surface area contributed by atoms with Crippen LogP contribution in [0.4, 0.5) is 11.4 Å². The lowest BCUT2D eigenvalue weighted by atomic mass is 10.2. The second-order valence-electron chi connectivity index (χ2n) is 6.92. The Hall–Kier alpha value is -2.87. The number of ether oxygens (including phenoxy) is 1. The van der Waals surface area contributed by atoms with E-state index in [9.17, 15) is 9.59 Å². The summed E-state index contributed by atoms with van der Waals surface area (Å²) < 4.78 is 6.13. The number of carbonyl (C=O) groups is 2. The number of anilines is 2. The molecule has 2 N–H and O–H groups in total. The molecule has 162 valence electrons. The fraction of sp³-hybridized carbons (Fsp3) is 0.217. The predicted octanol–water partition coefficient (Wildman–Crippen LogP) is 5.12. The molecule has 2 aromatic carbocycles. The summed E-state index contributed by atoms with van der Waals surface area (Å²) in [6, 6.07) is 17.8. The van der Waals surface area contributed by atoms with Gasteiger partial charge < -0.3 is 15.4 Å². The molecule has 6 nitrogen and oxygen atoms in total. The second kappa shape index (κ2) is 10.9. The molecule has 0 bridgehead atoms. The van der Waals surface area contributed by atoms with Gasteiger partial charge in [-0.25, -0.2) is 0 Å². The highest BCUT2D eigenvalue weighted by Crippen LogP contribution is 2.22. The summed E-state index contributed by atoms with van der Waals surface area (Å²) in [4.78, 5) is 27.7. The molecule has 0 atom stereocenters. The average molecular weight is 458 g/mol. The Bertz CT molecular complexity index is 1020. The van der Waals surface area contributed by atoms with E-state index < -0.39 is 0 Å². The molecular formula is C23H24ClN3O3S. The Morgan fingerprint density at radius 1 is 0.968 bits per heavy atom. The van der Waals surface area contributed by atoms with E-state index in [1.165, 1.54) is 11.3 Å². The summed E-state index contributed by atoms with van der Waals surface area (Å²) in [5, 5.41) is 5.69. The lowest BCUT2D eigenvalue weighted by Crippen LogP contribution is -2.29. The SMILES string of the molecule is CCOc1ccc(NC(=O)c2ccc(NC(=O)CN(C)Cc3ccc(Cl)s3)cc2)cc1. The van der Waals surface area contributed by atoms with Gasteiger partial charge in [-0.15, -0.1) is 11.3 Å². The summed E-state index contributed by atoms with van der Waals surface area (Å²) in [7, 11) is 1.88. The molecule has 8 heteroatoms. The van der Waals surface area contributed by atoms with Crippen LogP contribution in [0, 0.1) is 0 Å². The normalized spacial score (nSPS) is 10.7. The van der Waals surface area contributed by atoms with Gasteiger partial charge in [-0.1, -0.05) is 11.6 Å². The maximum Gasteiger partial charge on any atom is 0.255 e. The van der Waals surface area contributed by atoms with Crippen LogP contribution in [0.25, 0.3) is 0 Å². The topological polar surface area (TPSA) is 70.7 Å². The van der Waals surface area contributed by atoms with Crippen molar-refractivity contribution in [2.75, 3.05) is 30.8 Å². The largest absolute Gasteiger partial charge is 0.494 e. The molecule has 0 saturated carbocycles. The first kappa shape index (κ1) is 22.8. The van der Waals surface area contributed by atoms with Crippen molar-refractivity contribution >= 4 is 46.1 Å². The molecule has 0 saturated heterocycles. The molecule has 0 aliphatic heterocycles. The molecule has 0 radical (unpaired) electrons. The predicted molar refractivity (Wildman–Crippen MR) is 126 cm³/mol. The van der Waals surface area contributed by atoms with Gasteiger partial charge in [-0.2, -0.15) is 0 Å². The molecule has 2 amide bonds. The van der Waals surface area contributed by atoms with Crippen molar-refractivity contribution in [3.8, 4) is 5.75 Å². The van der Waals surface area contributed by atoms with Crippen LogP contribution in [-0.2, 0) is 11.3 Å². The third kappa shape index (κ3) is 7.10. The lowest BCUT2D eigenvalue weighted by Gasteiger charge is -2.15. The summed E-state index contributed by atoms with van der Waals surface area (Å²) in [5.74, 6) is 0.401. The quantitative estimate of drug-likeness (QED) is 0.467. The number of amides is 2. The van der Waals surface area contributed by atoms with Gasteiger partial charge in [0.2, 0.25) is 5.91 Å². The highest BCUT2D eigenvalue weighted by Gasteiger charge is 2.10. The smallest absolute Gasteiger partial charge is 0.255 e. The van der Waals surface area contributed by atoms with Crippen LogP contribution in [0.1, 0.15) is 22.2 Å². The van der Waals surface area contributed by atoms with Crippen LogP contribution in [0.3, 0.4) is 0 Å². The van der Waals surface area contributed by atoms with Gasteiger partial charge in [0, 0.05) is 28.4 Å². The average Bonchev–Trinajstić information content (AvgIpc) is 3.14. The van der Waals surface area contributed by atoms with Crippen molar-refractivity contribution in [3.05, 3.63) is 75.4 Å². The Labute approximate surface area is 190 Å². The molecule has 31 heavy (non-hydrogen) atoms. The van der Waals surface area contributed by atoms with Gasteiger partial charge in [-0.05, 0) is 74.6 Å². The van der Waals surface area contributed by atoms with Crippen LogP contribution in [0.5, 0.6) is 5.75 Å². The summed E-state index contributed by atoms with van der Waals surface area (Å²) in [5.41, 5.74) is 1.81. The van der Waals surface area contributed by atoms with E-state index in [4.69, 9.17) is 16.3 Å². The number of nitrogens with one attached hydrogen (secondary N) is 2. The standard InChI is InChI=1S/C23H24ClN3O3S/c1-3-30-19-10-8-18(9-11-19)26-23(29)16-4-6-17(7-5-16)25-22(28)15-27(2)14-20-12-13-21(24)31-20/h4-13H,3,14-15H2,1-2H3,(H,25,28)(H,26,29). The number of halogens is 1. The lowest BCUT2D eigenvalue weighted by molar-refractivity contribution is -0.117. The summed E-state index contributed by atoms with van der Waals surface area (Å²) in [6.45, 7) is 3.40. The fourth-order valence-corrected chi connectivity index (χ4v) is 4.08. The van der Waals surface area contributed by atoms with Crippen molar-refractivity contribution in [2.24, 2.45) is 0 Å². The third-order valence-corrected chi connectivity index (χ3v) is 5.54. The number of benzene rings is 2. The Kier molecular flexibility index (Phi) is 8.06. The first-order valence-corrected chi connectivity index (χ1v) is 11.0. The molecule has 0 fully saturated rings. The number of thiophene rings is 1. The van der Waals surface area contributed by atoms with Crippen LogP contribution in [0.15, 0.2) is 60.7 Å². The van der Waals surface area contributed by atoms with Gasteiger partial charge in [0.15, 0.2) is 0 Å².